The zero-order valence-electron chi connectivity index (χ0n) is 9.50. The summed E-state index contributed by atoms with van der Waals surface area (Å²) in [5.74, 6) is -0.0706. The molecule has 0 radical (unpaired) electrons. The number of hydrogen-bond donors (Lipinski definition) is 2. The highest BCUT2D eigenvalue weighted by Crippen LogP contribution is 2.28. The Balaban J connectivity index is 3.06. The Bertz CT molecular complexity index is 435. The predicted molar refractivity (Wildman–Crippen MR) is 76.4 cm³/mol. The maximum absolute atomic E-state index is 11.3. The highest BCUT2D eigenvalue weighted by molar-refractivity contribution is 9.11. The summed E-state index contributed by atoms with van der Waals surface area (Å²) in [4.78, 5) is 12.1. The van der Waals surface area contributed by atoms with Crippen molar-refractivity contribution in [2.24, 2.45) is 0 Å². The number of carboxylic acid groups (broad SMARTS) is 1. The molecule has 0 saturated heterocycles. The first-order valence-corrected chi connectivity index (χ1v) is 6.90. The van der Waals surface area contributed by atoms with Crippen LogP contribution in [0.15, 0.2) is 34.2 Å². The van der Waals surface area contributed by atoms with Crippen molar-refractivity contribution in [2.75, 3.05) is 17.6 Å². The fourth-order valence-corrected chi connectivity index (χ4v) is 2.33. The molecule has 2 N–H and O–H groups in total. The molecule has 0 aliphatic carbocycles. The van der Waals surface area contributed by atoms with Gasteiger partial charge in [-0.3, -0.25) is 0 Å². The fourth-order valence-electron chi connectivity index (χ4n) is 1.37. The lowest BCUT2D eigenvalue weighted by Crippen LogP contribution is -2.08. The van der Waals surface area contributed by atoms with E-state index in [1.54, 1.807) is 6.07 Å². The number of carbonyl (C=O) groups is 1. The maximum atomic E-state index is 11.3. The predicted octanol–water partition coefficient (Wildman–Crippen LogP) is 3.82. The lowest BCUT2D eigenvalue weighted by Gasteiger charge is -2.12. The van der Waals surface area contributed by atoms with Crippen molar-refractivity contribution in [1.29, 1.82) is 0 Å². The van der Waals surface area contributed by atoms with Crippen LogP contribution in [0.2, 0.25) is 0 Å². The molecule has 0 spiro atoms. The lowest BCUT2D eigenvalue weighted by molar-refractivity contribution is 0.0694. The van der Waals surface area contributed by atoms with Crippen LogP contribution in [0.1, 0.15) is 17.3 Å². The number of hydrogen-bond acceptors (Lipinski definition) is 3. The molecular formula is C12H14BrNO2S. The van der Waals surface area contributed by atoms with Crippen LogP contribution in [0.3, 0.4) is 0 Å². The van der Waals surface area contributed by atoms with Gasteiger partial charge in [0, 0.05) is 15.9 Å². The largest absolute Gasteiger partial charge is 0.478 e. The monoisotopic (exact) mass is 315 g/mol. The maximum Gasteiger partial charge on any atom is 0.338 e. The average molecular weight is 316 g/mol. The molecule has 0 atom stereocenters. The van der Waals surface area contributed by atoms with E-state index in [4.69, 9.17) is 0 Å². The van der Waals surface area contributed by atoms with Crippen molar-refractivity contribution in [2.45, 2.75) is 11.8 Å². The topological polar surface area (TPSA) is 49.3 Å². The second kappa shape index (κ2) is 6.71. The molecule has 0 fully saturated rings. The van der Waals surface area contributed by atoms with E-state index < -0.39 is 5.97 Å². The van der Waals surface area contributed by atoms with Crippen molar-refractivity contribution in [3.8, 4) is 0 Å². The van der Waals surface area contributed by atoms with Gasteiger partial charge in [0.25, 0.3) is 0 Å². The average Bonchev–Trinajstić information content (AvgIpc) is 2.26. The minimum Gasteiger partial charge on any atom is -0.478 e. The normalized spacial score (nSPS) is 10.0. The van der Waals surface area contributed by atoms with Crippen LogP contribution in [0, 0.1) is 0 Å². The van der Waals surface area contributed by atoms with E-state index in [0.29, 0.717) is 17.8 Å². The first kappa shape index (κ1) is 14.1. The summed E-state index contributed by atoms with van der Waals surface area (Å²) in [6.07, 6.45) is 0. The summed E-state index contributed by atoms with van der Waals surface area (Å²) in [5, 5.41) is 12.3. The van der Waals surface area contributed by atoms with Gasteiger partial charge in [-0.05, 0) is 17.9 Å². The molecular weight excluding hydrogens is 302 g/mol. The van der Waals surface area contributed by atoms with Crippen LogP contribution in [0.4, 0.5) is 5.69 Å². The summed E-state index contributed by atoms with van der Waals surface area (Å²) < 4.78 is 0.780. The molecule has 92 valence electrons. The quantitative estimate of drug-likeness (QED) is 0.784. The number of rotatable bonds is 6. The molecule has 0 saturated carbocycles. The summed E-state index contributed by atoms with van der Waals surface area (Å²) in [7, 11) is 0. The second-order valence-corrected chi connectivity index (χ2v) is 5.72. The molecule has 17 heavy (non-hydrogen) atoms. The molecule has 0 unspecified atom stereocenters. The van der Waals surface area contributed by atoms with Gasteiger partial charge in [-0.15, -0.1) is 11.8 Å². The molecule has 0 bridgehead atoms. The van der Waals surface area contributed by atoms with Crippen molar-refractivity contribution in [1.82, 2.24) is 0 Å². The third kappa shape index (κ3) is 4.09. The highest BCUT2D eigenvalue weighted by Gasteiger charge is 2.15. The Hall–Kier alpha value is -0.940. The molecule has 0 aliphatic heterocycles. The van der Waals surface area contributed by atoms with E-state index in [0.717, 1.165) is 15.1 Å². The fraction of sp³-hybridized carbons (Fsp3) is 0.250. The summed E-state index contributed by atoms with van der Waals surface area (Å²) in [5.41, 5.74) is 0.949. The third-order valence-corrected chi connectivity index (χ3v) is 3.23. The molecule has 0 amide bonds. The minimum absolute atomic E-state index is 0.327. The number of nitrogens with one attached hydrogen (secondary N) is 1. The van der Waals surface area contributed by atoms with Crippen molar-refractivity contribution >= 4 is 39.3 Å². The highest BCUT2D eigenvalue weighted by atomic mass is 79.9. The van der Waals surface area contributed by atoms with Crippen LogP contribution >= 0.6 is 27.7 Å². The summed E-state index contributed by atoms with van der Waals surface area (Å²) in [6.45, 7) is 6.20. The molecule has 1 aromatic rings. The van der Waals surface area contributed by atoms with Gasteiger partial charge in [-0.25, -0.2) is 4.79 Å². The van der Waals surface area contributed by atoms with Crippen molar-refractivity contribution in [3.05, 3.63) is 34.8 Å². The minimum atomic E-state index is -0.913. The first-order chi connectivity index (χ1) is 8.06. The van der Waals surface area contributed by atoms with Crippen LogP contribution in [0.5, 0.6) is 0 Å². The van der Waals surface area contributed by atoms with E-state index >= 15 is 0 Å². The summed E-state index contributed by atoms with van der Waals surface area (Å²) in [6, 6.07) is 5.44. The number of benzene rings is 1. The Morgan fingerprint density at radius 3 is 2.82 bits per heavy atom. The van der Waals surface area contributed by atoms with Crippen LogP contribution in [0.25, 0.3) is 0 Å². The van der Waals surface area contributed by atoms with Gasteiger partial charge in [0.15, 0.2) is 0 Å². The smallest absolute Gasteiger partial charge is 0.338 e. The van der Waals surface area contributed by atoms with E-state index in [1.807, 2.05) is 19.1 Å². The van der Waals surface area contributed by atoms with Crippen LogP contribution in [-0.2, 0) is 0 Å². The van der Waals surface area contributed by atoms with E-state index in [-0.39, 0.29) is 0 Å². The van der Waals surface area contributed by atoms with E-state index in [9.17, 15) is 9.90 Å². The molecule has 0 aromatic heterocycles. The van der Waals surface area contributed by atoms with Gasteiger partial charge in [-0.1, -0.05) is 35.5 Å². The Morgan fingerprint density at radius 1 is 1.59 bits per heavy atom. The Labute approximate surface area is 113 Å². The standard InChI is InChI=1S/C12H14BrNO2S/c1-3-17-10-6-4-5-9(11(10)12(15)16)14-7-8(2)13/h4-6,14H,2-3,7H2,1H3,(H,15,16). The zero-order valence-corrected chi connectivity index (χ0v) is 11.9. The van der Waals surface area contributed by atoms with E-state index in [1.165, 1.54) is 11.8 Å². The van der Waals surface area contributed by atoms with Gasteiger partial charge < -0.3 is 10.4 Å². The number of halogens is 1. The Kier molecular flexibility index (Phi) is 5.58. The third-order valence-electron chi connectivity index (χ3n) is 2.01. The summed E-state index contributed by atoms with van der Waals surface area (Å²) >= 11 is 4.76. The van der Waals surface area contributed by atoms with E-state index in [2.05, 4.69) is 27.8 Å². The van der Waals surface area contributed by atoms with Gasteiger partial charge in [0.2, 0.25) is 0 Å². The zero-order chi connectivity index (χ0) is 12.8. The number of anilines is 1. The van der Waals surface area contributed by atoms with Crippen LogP contribution in [-0.4, -0.2) is 23.4 Å². The van der Waals surface area contributed by atoms with Crippen molar-refractivity contribution in [3.63, 3.8) is 0 Å². The second-order valence-electron chi connectivity index (χ2n) is 3.29. The first-order valence-electron chi connectivity index (χ1n) is 5.12. The van der Waals surface area contributed by atoms with Gasteiger partial charge in [0.1, 0.15) is 0 Å². The molecule has 1 aromatic carbocycles. The number of thioether (sulfide) groups is 1. The lowest BCUT2D eigenvalue weighted by atomic mass is 10.2. The number of carboxylic acids is 1. The van der Waals surface area contributed by atoms with Crippen molar-refractivity contribution < 1.29 is 9.90 Å². The SMILES string of the molecule is C=C(Br)CNc1cccc(SCC)c1C(=O)O. The molecule has 3 nitrogen and oxygen atoms in total. The molecule has 0 heterocycles. The van der Waals surface area contributed by atoms with Gasteiger partial charge >= 0.3 is 5.97 Å². The Morgan fingerprint density at radius 2 is 2.29 bits per heavy atom. The number of aromatic carboxylic acids is 1. The van der Waals surface area contributed by atoms with Gasteiger partial charge in [-0.2, -0.15) is 0 Å². The van der Waals surface area contributed by atoms with Gasteiger partial charge in [0.05, 0.1) is 11.3 Å². The molecule has 5 heteroatoms. The molecule has 1 rings (SSSR count). The van der Waals surface area contributed by atoms with Crippen LogP contribution < -0.4 is 5.32 Å². The molecule has 0 aliphatic rings.